The van der Waals surface area contributed by atoms with Crippen molar-refractivity contribution in [1.29, 1.82) is 0 Å². The van der Waals surface area contributed by atoms with Crippen LogP contribution in [0.5, 0.6) is 0 Å². The van der Waals surface area contributed by atoms with E-state index in [1.807, 2.05) is 11.8 Å². The molecule has 0 spiro atoms. The van der Waals surface area contributed by atoms with Crippen molar-refractivity contribution in [1.82, 2.24) is 10.2 Å². The maximum atomic E-state index is 12.6. The van der Waals surface area contributed by atoms with Gasteiger partial charge in [-0.05, 0) is 50.9 Å². The predicted octanol–water partition coefficient (Wildman–Crippen LogP) is 0.929. The molecule has 1 heterocycles. The zero-order valence-electron chi connectivity index (χ0n) is 12.1. The fourth-order valence-corrected chi connectivity index (χ4v) is 3.12. The second kappa shape index (κ2) is 5.72. The molecule has 3 fully saturated rings. The molecule has 5 nitrogen and oxygen atoms in total. The van der Waals surface area contributed by atoms with E-state index >= 15 is 0 Å². The third-order valence-corrected chi connectivity index (χ3v) is 4.51. The molecule has 0 aromatic carbocycles. The Labute approximate surface area is 120 Å². The van der Waals surface area contributed by atoms with Gasteiger partial charge in [-0.15, -0.1) is 0 Å². The lowest BCUT2D eigenvalue weighted by molar-refractivity contribution is -0.151. The summed E-state index contributed by atoms with van der Waals surface area (Å²) in [6.07, 6.45) is 5.09. The summed E-state index contributed by atoms with van der Waals surface area (Å²) in [6.45, 7) is 3.98. The number of rotatable bonds is 7. The molecule has 2 saturated carbocycles. The molecule has 3 aliphatic rings. The molecule has 2 atom stereocenters. The van der Waals surface area contributed by atoms with Crippen molar-refractivity contribution in [2.24, 2.45) is 11.8 Å². The van der Waals surface area contributed by atoms with E-state index in [2.05, 4.69) is 5.32 Å². The van der Waals surface area contributed by atoms with E-state index in [0.29, 0.717) is 31.6 Å². The number of piperazine rings is 1. The number of carbonyl (C=O) groups is 2. The smallest absolute Gasteiger partial charge is 0.246 e. The van der Waals surface area contributed by atoms with E-state index in [1.54, 1.807) is 0 Å². The van der Waals surface area contributed by atoms with Gasteiger partial charge in [0.05, 0.1) is 0 Å². The molecule has 2 aliphatic carbocycles. The average Bonchev–Trinajstić information content (AvgIpc) is 3.28. The van der Waals surface area contributed by atoms with Crippen molar-refractivity contribution in [2.75, 3.05) is 19.8 Å². The summed E-state index contributed by atoms with van der Waals surface area (Å²) in [5.74, 6) is 0.966. The zero-order chi connectivity index (χ0) is 14.1. The minimum Gasteiger partial charge on any atom is -0.382 e. The van der Waals surface area contributed by atoms with Crippen LogP contribution in [0.25, 0.3) is 0 Å². The van der Waals surface area contributed by atoms with Crippen LogP contribution in [-0.4, -0.2) is 48.6 Å². The lowest BCUT2D eigenvalue weighted by atomic mass is 10.00. The van der Waals surface area contributed by atoms with Crippen LogP contribution in [0, 0.1) is 11.8 Å². The Morgan fingerprint density at radius 1 is 1.20 bits per heavy atom. The Morgan fingerprint density at radius 2 is 1.90 bits per heavy atom. The topological polar surface area (TPSA) is 58.6 Å². The van der Waals surface area contributed by atoms with Crippen LogP contribution in [0.3, 0.4) is 0 Å². The Balaban J connectivity index is 1.65. The molecule has 2 unspecified atom stereocenters. The molecule has 1 saturated heterocycles. The fraction of sp³-hybridized carbons (Fsp3) is 0.867. The highest BCUT2D eigenvalue weighted by molar-refractivity contribution is 5.97. The standard InChI is InChI=1S/C15H24N2O3/c1-2-20-9-3-8-17-13(11-6-7-11)14(18)16-12(15(17)19)10-4-5-10/h10-13H,2-9H2,1H3,(H,16,18). The molecule has 20 heavy (non-hydrogen) atoms. The summed E-state index contributed by atoms with van der Waals surface area (Å²) in [4.78, 5) is 26.8. The van der Waals surface area contributed by atoms with Crippen LogP contribution in [0.15, 0.2) is 0 Å². The fourth-order valence-electron chi connectivity index (χ4n) is 3.12. The second-order valence-corrected chi connectivity index (χ2v) is 6.19. The molecule has 3 rings (SSSR count). The summed E-state index contributed by atoms with van der Waals surface area (Å²) in [7, 11) is 0. The van der Waals surface area contributed by atoms with E-state index < -0.39 is 0 Å². The van der Waals surface area contributed by atoms with Crippen molar-refractivity contribution in [2.45, 2.75) is 51.1 Å². The van der Waals surface area contributed by atoms with Gasteiger partial charge in [0.2, 0.25) is 11.8 Å². The molecule has 0 radical (unpaired) electrons. The average molecular weight is 280 g/mol. The van der Waals surface area contributed by atoms with Crippen molar-refractivity contribution < 1.29 is 14.3 Å². The van der Waals surface area contributed by atoms with Gasteiger partial charge in [0.1, 0.15) is 12.1 Å². The molecule has 0 aromatic rings. The van der Waals surface area contributed by atoms with E-state index in [9.17, 15) is 9.59 Å². The molecule has 1 aliphatic heterocycles. The maximum absolute atomic E-state index is 12.6. The highest BCUT2D eigenvalue weighted by Gasteiger charge is 2.50. The molecule has 0 aromatic heterocycles. The van der Waals surface area contributed by atoms with E-state index in [-0.39, 0.29) is 23.9 Å². The Morgan fingerprint density at radius 3 is 2.50 bits per heavy atom. The van der Waals surface area contributed by atoms with Crippen LogP contribution in [0.4, 0.5) is 0 Å². The number of nitrogens with one attached hydrogen (secondary N) is 1. The minimum absolute atomic E-state index is 0.0698. The number of hydrogen-bond donors (Lipinski definition) is 1. The first-order valence-electron chi connectivity index (χ1n) is 7.91. The Kier molecular flexibility index (Phi) is 3.96. The van der Waals surface area contributed by atoms with Gasteiger partial charge in [-0.3, -0.25) is 9.59 Å². The molecule has 1 N–H and O–H groups in total. The highest BCUT2D eigenvalue weighted by atomic mass is 16.5. The van der Waals surface area contributed by atoms with Gasteiger partial charge in [0.25, 0.3) is 0 Å². The predicted molar refractivity (Wildman–Crippen MR) is 74.0 cm³/mol. The number of ether oxygens (including phenoxy) is 1. The molecule has 0 bridgehead atoms. The number of carbonyl (C=O) groups excluding carboxylic acids is 2. The summed E-state index contributed by atoms with van der Waals surface area (Å²) in [6, 6.07) is -0.483. The lowest BCUT2D eigenvalue weighted by Crippen LogP contribution is -2.64. The molecular formula is C15H24N2O3. The monoisotopic (exact) mass is 280 g/mol. The first-order valence-corrected chi connectivity index (χ1v) is 7.91. The number of amides is 2. The molecule has 2 amide bonds. The van der Waals surface area contributed by atoms with Gasteiger partial charge in [-0.2, -0.15) is 0 Å². The largest absolute Gasteiger partial charge is 0.382 e. The van der Waals surface area contributed by atoms with Crippen molar-refractivity contribution >= 4 is 11.8 Å². The van der Waals surface area contributed by atoms with Gasteiger partial charge in [-0.25, -0.2) is 0 Å². The van der Waals surface area contributed by atoms with Gasteiger partial charge in [-0.1, -0.05) is 0 Å². The van der Waals surface area contributed by atoms with Crippen LogP contribution in [0.1, 0.15) is 39.0 Å². The van der Waals surface area contributed by atoms with Crippen LogP contribution >= 0.6 is 0 Å². The molecule has 112 valence electrons. The summed E-state index contributed by atoms with van der Waals surface area (Å²) < 4.78 is 5.35. The first-order chi connectivity index (χ1) is 9.72. The zero-order valence-corrected chi connectivity index (χ0v) is 12.1. The van der Waals surface area contributed by atoms with E-state index in [4.69, 9.17) is 4.74 Å². The van der Waals surface area contributed by atoms with Crippen molar-refractivity contribution in [3.8, 4) is 0 Å². The second-order valence-electron chi connectivity index (χ2n) is 6.19. The highest BCUT2D eigenvalue weighted by Crippen LogP contribution is 2.40. The number of hydrogen-bond acceptors (Lipinski definition) is 3. The van der Waals surface area contributed by atoms with Crippen LogP contribution in [0.2, 0.25) is 0 Å². The first kappa shape index (κ1) is 13.9. The van der Waals surface area contributed by atoms with E-state index in [0.717, 1.165) is 32.1 Å². The summed E-state index contributed by atoms with van der Waals surface area (Å²) in [5.41, 5.74) is 0. The van der Waals surface area contributed by atoms with Crippen molar-refractivity contribution in [3.05, 3.63) is 0 Å². The third kappa shape index (κ3) is 2.82. The quantitative estimate of drug-likeness (QED) is 0.706. The SMILES string of the molecule is CCOCCCN1C(=O)C(C2CC2)NC(=O)C1C1CC1. The normalized spacial score (nSPS) is 30.6. The molecule has 5 heteroatoms. The Hall–Kier alpha value is -1.10. The van der Waals surface area contributed by atoms with Gasteiger partial charge < -0.3 is 15.0 Å². The Bertz CT molecular complexity index is 391. The molecular weight excluding hydrogens is 256 g/mol. The van der Waals surface area contributed by atoms with Crippen LogP contribution in [-0.2, 0) is 14.3 Å². The lowest BCUT2D eigenvalue weighted by Gasteiger charge is -2.39. The third-order valence-electron chi connectivity index (χ3n) is 4.51. The van der Waals surface area contributed by atoms with Gasteiger partial charge in [0.15, 0.2) is 0 Å². The summed E-state index contributed by atoms with van der Waals surface area (Å²) >= 11 is 0. The minimum atomic E-state index is -0.260. The number of nitrogens with zero attached hydrogens (tertiary/aromatic N) is 1. The van der Waals surface area contributed by atoms with Crippen molar-refractivity contribution in [3.63, 3.8) is 0 Å². The maximum Gasteiger partial charge on any atom is 0.246 e. The van der Waals surface area contributed by atoms with E-state index in [1.165, 1.54) is 0 Å². The summed E-state index contributed by atoms with van der Waals surface area (Å²) in [5, 5.41) is 2.97. The van der Waals surface area contributed by atoms with Crippen LogP contribution < -0.4 is 5.32 Å². The van der Waals surface area contributed by atoms with Gasteiger partial charge >= 0.3 is 0 Å². The van der Waals surface area contributed by atoms with Gasteiger partial charge in [0, 0.05) is 19.8 Å².